The first-order chi connectivity index (χ1) is 8.52. The lowest BCUT2D eigenvalue weighted by Crippen LogP contribution is -2.06. The Morgan fingerprint density at radius 1 is 1.11 bits per heavy atom. The SMILES string of the molecule is N#CCCc1ccc(OC(F)F)cc1OC(F)F. The second-order valence-corrected chi connectivity index (χ2v) is 3.18. The number of hydrogen-bond acceptors (Lipinski definition) is 3. The first-order valence-corrected chi connectivity index (χ1v) is 4.92. The summed E-state index contributed by atoms with van der Waals surface area (Å²) in [5, 5.41) is 8.41. The van der Waals surface area contributed by atoms with Crippen LogP contribution in [0.15, 0.2) is 18.2 Å². The van der Waals surface area contributed by atoms with E-state index in [1.54, 1.807) is 0 Å². The maximum Gasteiger partial charge on any atom is 0.387 e. The van der Waals surface area contributed by atoms with Crippen LogP contribution in [0, 0.1) is 11.3 Å². The zero-order valence-electron chi connectivity index (χ0n) is 9.08. The zero-order valence-corrected chi connectivity index (χ0v) is 9.08. The van der Waals surface area contributed by atoms with E-state index in [4.69, 9.17) is 5.26 Å². The van der Waals surface area contributed by atoms with Crippen molar-refractivity contribution < 1.29 is 27.0 Å². The Bertz CT molecular complexity index is 432. The van der Waals surface area contributed by atoms with Crippen molar-refractivity contribution in [3.63, 3.8) is 0 Å². The van der Waals surface area contributed by atoms with E-state index in [1.165, 1.54) is 12.1 Å². The van der Waals surface area contributed by atoms with Crippen molar-refractivity contribution in [2.75, 3.05) is 0 Å². The molecule has 0 aromatic heterocycles. The van der Waals surface area contributed by atoms with Crippen molar-refractivity contribution in [3.8, 4) is 17.6 Å². The summed E-state index contributed by atoms with van der Waals surface area (Å²) in [7, 11) is 0. The van der Waals surface area contributed by atoms with Crippen LogP contribution < -0.4 is 9.47 Å². The molecule has 3 nitrogen and oxygen atoms in total. The number of rotatable bonds is 6. The maximum absolute atomic E-state index is 12.1. The molecule has 0 spiro atoms. The topological polar surface area (TPSA) is 42.2 Å². The van der Waals surface area contributed by atoms with Gasteiger partial charge in [0.2, 0.25) is 0 Å². The standard InChI is InChI=1S/C11H9F4NO2/c12-10(13)17-8-4-3-7(2-1-5-16)9(6-8)18-11(14)15/h3-4,6,10-11H,1-2H2. The van der Waals surface area contributed by atoms with Crippen LogP contribution >= 0.6 is 0 Å². The quantitative estimate of drug-likeness (QED) is 0.739. The van der Waals surface area contributed by atoms with Crippen LogP contribution in [-0.4, -0.2) is 13.2 Å². The van der Waals surface area contributed by atoms with Crippen LogP contribution in [0.3, 0.4) is 0 Å². The monoisotopic (exact) mass is 263 g/mol. The van der Waals surface area contributed by atoms with Gasteiger partial charge in [-0.15, -0.1) is 0 Å². The van der Waals surface area contributed by atoms with Gasteiger partial charge in [-0.2, -0.15) is 22.8 Å². The molecule has 0 heterocycles. The third-order valence-electron chi connectivity index (χ3n) is 1.99. The third-order valence-corrected chi connectivity index (χ3v) is 1.99. The predicted molar refractivity (Wildman–Crippen MR) is 53.6 cm³/mol. The summed E-state index contributed by atoms with van der Waals surface area (Å²) < 4.78 is 56.5. The second kappa shape index (κ2) is 6.69. The smallest absolute Gasteiger partial charge is 0.387 e. The van der Waals surface area contributed by atoms with Crippen molar-refractivity contribution >= 4 is 0 Å². The Balaban J connectivity index is 2.93. The number of halogens is 4. The van der Waals surface area contributed by atoms with Gasteiger partial charge in [0.05, 0.1) is 6.07 Å². The van der Waals surface area contributed by atoms with E-state index in [2.05, 4.69) is 9.47 Å². The normalized spacial score (nSPS) is 10.5. The van der Waals surface area contributed by atoms with Crippen LogP contribution in [0.5, 0.6) is 11.5 Å². The summed E-state index contributed by atoms with van der Waals surface area (Å²) in [6.45, 7) is -6.12. The van der Waals surface area contributed by atoms with Crippen molar-refractivity contribution in [2.45, 2.75) is 26.1 Å². The van der Waals surface area contributed by atoms with E-state index in [-0.39, 0.29) is 24.3 Å². The molecule has 0 aliphatic rings. The van der Waals surface area contributed by atoms with E-state index in [0.29, 0.717) is 5.56 Å². The Morgan fingerprint density at radius 3 is 2.33 bits per heavy atom. The molecule has 0 bridgehead atoms. The minimum absolute atomic E-state index is 0.106. The molecule has 0 N–H and O–H groups in total. The van der Waals surface area contributed by atoms with Gasteiger partial charge >= 0.3 is 13.2 Å². The molecule has 0 amide bonds. The van der Waals surface area contributed by atoms with Gasteiger partial charge in [0.15, 0.2) is 0 Å². The highest BCUT2D eigenvalue weighted by Gasteiger charge is 2.13. The molecule has 0 saturated carbocycles. The van der Waals surface area contributed by atoms with Gasteiger partial charge in [-0.1, -0.05) is 6.07 Å². The molecule has 0 atom stereocenters. The van der Waals surface area contributed by atoms with Gasteiger partial charge in [0, 0.05) is 12.5 Å². The molecule has 1 aromatic carbocycles. The fourth-order valence-electron chi connectivity index (χ4n) is 1.31. The van der Waals surface area contributed by atoms with E-state index in [1.807, 2.05) is 6.07 Å². The number of hydrogen-bond donors (Lipinski definition) is 0. The Morgan fingerprint density at radius 2 is 1.78 bits per heavy atom. The van der Waals surface area contributed by atoms with Gasteiger partial charge in [-0.05, 0) is 18.1 Å². The molecular formula is C11H9F4NO2. The van der Waals surface area contributed by atoms with Gasteiger partial charge in [-0.3, -0.25) is 0 Å². The highest BCUT2D eigenvalue weighted by Crippen LogP contribution is 2.28. The average Bonchev–Trinajstić information content (AvgIpc) is 2.26. The van der Waals surface area contributed by atoms with Crippen LogP contribution in [-0.2, 0) is 6.42 Å². The Hall–Kier alpha value is -1.97. The lowest BCUT2D eigenvalue weighted by molar-refractivity contribution is -0.0546. The number of benzene rings is 1. The van der Waals surface area contributed by atoms with Crippen molar-refractivity contribution in [3.05, 3.63) is 23.8 Å². The van der Waals surface area contributed by atoms with Crippen molar-refractivity contribution in [2.24, 2.45) is 0 Å². The van der Waals surface area contributed by atoms with Gasteiger partial charge in [-0.25, -0.2) is 0 Å². The number of nitriles is 1. The number of ether oxygens (including phenoxy) is 2. The summed E-state index contributed by atoms with van der Waals surface area (Å²) in [5.41, 5.74) is 0.332. The molecule has 7 heteroatoms. The first kappa shape index (κ1) is 14.1. The zero-order chi connectivity index (χ0) is 13.5. The largest absolute Gasteiger partial charge is 0.435 e. The molecule has 0 radical (unpaired) electrons. The Labute approximate surface area is 101 Å². The average molecular weight is 263 g/mol. The molecule has 1 aromatic rings. The summed E-state index contributed by atoms with van der Waals surface area (Å²) in [5.74, 6) is -0.542. The summed E-state index contributed by atoms with van der Waals surface area (Å²) >= 11 is 0. The molecule has 1 rings (SSSR count). The van der Waals surface area contributed by atoms with Crippen LogP contribution in [0.4, 0.5) is 17.6 Å². The number of aryl methyl sites for hydroxylation is 1. The molecule has 0 fully saturated rings. The summed E-state index contributed by atoms with van der Waals surface area (Å²) in [6, 6.07) is 5.32. The summed E-state index contributed by atoms with van der Waals surface area (Å²) in [4.78, 5) is 0. The lowest BCUT2D eigenvalue weighted by atomic mass is 10.1. The van der Waals surface area contributed by atoms with E-state index in [0.717, 1.165) is 6.07 Å². The number of alkyl halides is 4. The van der Waals surface area contributed by atoms with Crippen molar-refractivity contribution in [1.82, 2.24) is 0 Å². The van der Waals surface area contributed by atoms with Crippen LogP contribution in [0.25, 0.3) is 0 Å². The third kappa shape index (κ3) is 4.49. The maximum atomic E-state index is 12.1. The molecule has 0 saturated heterocycles. The molecule has 18 heavy (non-hydrogen) atoms. The summed E-state index contributed by atoms with van der Waals surface area (Å²) in [6.07, 6.45) is 0.294. The highest BCUT2D eigenvalue weighted by molar-refractivity contribution is 5.41. The highest BCUT2D eigenvalue weighted by atomic mass is 19.3. The van der Waals surface area contributed by atoms with E-state index in [9.17, 15) is 17.6 Å². The van der Waals surface area contributed by atoms with Crippen LogP contribution in [0.1, 0.15) is 12.0 Å². The fourth-order valence-corrected chi connectivity index (χ4v) is 1.31. The number of nitrogens with zero attached hydrogens (tertiary/aromatic N) is 1. The Kier molecular flexibility index (Phi) is 5.24. The van der Waals surface area contributed by atoms with E-state index >= 15 is 0 Å². The fraction of sp³-hybridized carbons (Fsp3) is 0.364. The minimum Gasteiger partial charge on any atom is -0.435 e. The van der Waals surface area contributed by atoms with Crippen LogP contribution in [0.2, 0.25) is 0 Å². The lowest BCUT2D eigenvalue weighted by Gasteiger charge is -2.12. The second-order valence-electron chi connectivity index (χ2n) is 3.18. The molecule has 0 aliphatic carbocycles. The molecule has 0 unspecified atom stereocenters. The van der Waals surface area contributed by atoms with Gasteiger partial charge in [0.1, 0.15) is 11.5 Å². The van der Waals surface area contributed by atoms with Crippen molar-refractivity contribution in [1.29, 1.82) is 5.26 Å². The molecule has 0 aliphatic heterocycles. The molecule has 98 valence electrons. The molecular weight excluding hydrogens is 254 g/mol. The van der Waals surface area contributed by atoms with Gasteiger partial charge < -0.3 is 9.47 Å². The minimum atomic E-state index is -3.08. The van der Waals surface area contributed by atoms with Gasteiger partial charge in [0.25, 0.3) is 0 Å². The van der Waals surface area contributed by atoms with E-state index < -0.39 is 13.2 Å². The predicted octanol–water partition coefficient (Wildman–Crippen LogP) is 3.35. The first-order valence-electron chi connectivity index (χ1n) is 4.92.